The van der Waals surface area contributed by atoms with Gasteiger partial charge in [-0.2, -0.15) is 8.78 Å². The summed E-state index contributed by atoms with van der Waals surface area (Å²) >= 11 is 3.04. The fourth-order valence-electron chi connectivity index (χ4n) is 1.52. The van der Waals surface area contributed by atoms with Crippen molar-refractivity contribution >= 4 is 21.9 Å². The van der Waals surface area contributed by atoms with Gasteiger partial charge in [0.2, 0.25) is 0 Å². The molecule has 0 aliphatic carbocycles. The number of nitrogens with two attached hydrogens (primary N) is 1. The number of phenols is 1. The SMILES string of the molecule is CCOC(=O)C(F)(F)[C@H](N)c1c(Br)ccc(C)c1O. The summed E-state index contributed by atoms with van der Waals surface area (Å²) < 4.78 is 32.2. The molecule has 0 unspecified atom stereocenters. The molecule has 0 amide bonds. The number of hydrogen-bond acceptors (Lipinski definition) is 4. The molecule has 0 aliphatic heterocycles. The molecular weight excluding hydrogens is 324 g/mol. The van der Waals surface area contributed by atoms with Gasteiger partial charge in [-0.05, 0) is 25.5 Å². The Morgan fingerprint density at radius 3 is 2.68 bits per heavy atom. The van der Waals surface area contributed by atoms with Gasteiger partial charge in [0, 0.05) is 10.0 Å². The molecule has 0 bridgehead atoms. The Bertz CT molecular complexity index is 494. The van der Waals surface area contributed by atoms with Crippen LogP contribution in [0.3, 0.4) is 0 Å². The fourth-order valence-corrected chi connectivity index (χ4v) is 2.09. The molecule has 0 fully saturated rings. The van der Waals surface area contributed by atoms with E-state index >= 15 is 0 Å². The molecule has 1 atom stereocenters. The highest BCUT2D eigenvalue weighted by molar-refractivity contribution is 9.10. The van der Waals surface area contributed by atoms with Gasteiger partial charge in [0.1, 0.15) is 11.8 Å². The van der Waals surface area contributed by atoms with Crippen molar-refractivity contribution in [2.45, 2.75) is 25.8 Å². The minimum atomic E-state index is -3.93. The Kier molecular flexibility index (Phi) is 4.86. The number of benzene rings is 1. The first-order valence-electron chi connectivity index (χ1n) is 5.52. The summed E-state index contributed by atoms with van der Waals surface area (Å²) in [4.78, 5) is 11.2. The number of hydrogen-bond donors (Lipinski definition) is 2. The van der Waals surface area contributed by atoms with Crippen LogP contribution in [0.5, 0.6) is 5.75 Å². The van der Waals surface area contributed by atoms with Gasteiger partial charge < -0.3 is 15.6 Å². The van der Waals surface area contributed by atoms with E-state index < -0.39 is 17.9 Å². The largest absolute Gasteiger partial charge is 0.507 e. The number of esters is 1. The van der Waals surface area contributed by atoms with Gasteiger partial charge in [0.15, 0.2) is 0 Å². The number of aromatic hydroxyl groups is 1. The summed E-state index contributed by atoms with van der Waals surface area (Å²) in [6, 6.07) is 1.02. The second-order valence-electron chi connectivity index (χ2n) is 3.95. The Hall–Kier alpha value is -1.21. The molecule has 0 heterocycles. The standard InChI is InChI=1S/C12H14BrF2NO3/c1-3-19-11(18)12(14,15)10(16)8-7(13)5-4-6(2)9(8)17/h4-5,10,17H,3,16H2,1-2H3/t10-/m1/s1. The molecule has 0 aromatic heterocycles. The predicted molar refractivity (Wildman–Crippen MR) is 69.1 cm³/mol. The van der Waals surface area contributed by atoms with E-state index in [1.165, 1.54) is 19.1 Å². The summed E-state index contributed by atoms with van der Waals surface area (Å²) in [5.74, 6) is -6.01. The summed E-state index contributed by atoms with van der Waals surface area (Å²) in [6.07, 6.45) is 0. The van der Waals surface area contributed by atoms with Crippen LogP contribution in [-0.2, 0) is 9.53 Å². The maximum Gasteiger partial charge on any atom is 0.379 e. The highest BCUT2D eigenvalue weighted by atomic mass is 79.9. The van der Waals surface area contributed by atoms with Crippen molar-refractivity contribution in [1.82, 2.24) is 0 Å². The van der Waals surface area contributed by atoms with Crippen LogP contribution in [0, 0.1) is 6.92 Å². The van der Waals surface area contributed by atoms with Crippen LogP contribution in [0.1, 0.15) is 24.1 Å². The zero-order valence-corrected chi connectivity index (χ0v) is 12.0. The molecular formula is C12H14BrF2NO3. The zero-order valence-electron chi connectivity index (χ0n) is 10.4. The smallest absolute Gasteiger partial charge is 0.379 e. The molecule has 1 aromatic carbocycles. The Labute approximate surface area is 117 Å². The van der Waals surface area contributed by atoms with Crippen LogP contribution in [-0.4, -0.2) is 23.6 Å². The first-order valence-corrected chi connectivity index (χ1v) is 6.31. The van der Waals surface area contributed by atoms with Gasteiger partial charge in [-0.1, -0.05) is 22.0 Å². The van der Waals surface area contributed by atoms with Crippen LogP contribution in [0.25, 0.3) is 0 Å². The van der Waals surface area contributed by atoms with Gasteiger partial charge in [-0.3, -0.25) is 0 Å². The van der Waals surface area contributed by atoms with Crippen LogP contribution in [0.15, 0.2) is 16.6 Å². The summed E-state index contributed by atoms with van der Waals surface area (Å²) in [6.45, 7) is 2.78. The van der Waals surface area contributed by atoms with Crippen molar-refractivity contribution in [1.29, 1.82) is 0 Å². The second-order valence-corrected chi connectivity index (χ2v) is 4.80. The lowest BCUT2D eigenvalue weighted by atomic mass is 9.98. The molecule has 0 radical (unpaired) electrons. The van der Waals surface area contributed by atoms with Gasteiger partial charge in [0.25, 0.3) is 0 Å². The Morgan fingerprint density at radius 1 is 1.58 bits per heavy atom. The summed E-state index contributed by atoms with van der Waals surface area (Å²) in [7, 11) is 0. The zero-order chi connectivity index (χ0) is 14.8. The fraction of sp³-hybridized carbons (Fsp3) is 0.417. The monoisotopic (exact) mass is 337 g/mol. The molecule has 106 valence electrons. The number of phenolic OH excluding ortho intramolecular Hbond substituents is 1. The third-order valence-corrected chi connectivity index (χ3v) is 3.31. The van der Waals surface area contributed by atoms with Gasteiger partial charge in [0.05, 0.1) is 6.61 Å². The molecule has 7 heteroatoms. The Balaban J connectivity index is 3.23. The molecule has 0 aliphatic rings. The lowest BCUT2D eigenvalue weighted by Crippen LogP contribution is -2.42. The molecule has 1 rings (SSSR count). The lowest BCUT2D eigenvalue weighted by molar-refractivity contribution is -0.174. The maximum absolute atomic E-state index is 13.8. The van der Waals surface area contributed by atoms with E-state index in [4.69, 9.17) is 5.73 Å². The number of halogens is 3. The average molecular weight is 338 g/mol. The normalized spacial score (nSPS) is 13.2. The van der Waals surface area contributed by atoms with Gasteiger partial charge in [-0.15, -0.1) is 0 Å². The van der Waals surface area contributed by atoms with Crippen molar-refractivity contribution in [2.75, 3.05) is 6.61 Å². The van der Waals surface area contributed by atoms with Crippen LogP contribution in [0.4, 0.5) is 8.78 Å². The number of aryl methyl sites for hydroxylation is 1. The van der Waals surface area contributed by atoms with E-state index in [-0.39, 0.29) is 22.4 Å². The quantitative estimate of drug-likeness (QED) is 0.828. The molecule has 0 saturated heterocycles. The molecule has 19 heavy (non-hydrogen) atoms. The van der Waals surface area contributed by atoms with Crippen molar-refractivity contribution < 1.29 is 23.4 Å². The van der Waals surface area contributed by atoms with Crippen molar-refractivity contribution in [3.8, 4) is 5.75 Å². The molecule has 0 spiro atoms. The average Bonchev–Trinajstić information content (AvgIpc) is 2.34. The van der Waals surface area contributed by atoms with E-state index in [9.17, 15) is 18.7 Å². The topological polar surface area (TPSA) is 72.5 Å². The van der Waals surface area contributed by atoms with Gasteiger partial charge in [-0.25, -0.2) is 4.79 Å². The van der Waals surface area contributed by atoms with E-state index in [1.807, 2.05) is 0 Å². The number of alkyl halides is 2. The Morgan fingerprint density at radius 2 is 2.16 bits per heavy atom. The van der Waals surface area contributed by atoms with Crippen LogP contribution < -0.4 is 5.73 Å². The highest BCUT2D eigenvalue weighted by Gasteiger charge is 2.49. The van der Waals surface area contributed by atoms with E-state index in [2.05, 4.69) is 20.7 Å². The number of rotatable bonds is 4. The summed E-state index contributed by atoms with van der Waals surface area (Å²) in [5, 5.41) is 9.83. The molecule has 1 aromatic rings. The van der Waals surface area contributed by atoms with Crippen LogP contribution in [0.2, 0.25) is 0 Å². The maximum atomic E-state index is 13.8. The first-order chi connectivity index (χ1) is 8.73. The van der Waals surface area contributed by atoms with Crippen molar-refractivity contribution in [3.05, 3.63) is 27.7 Å². The summed E-state index contributed by atoms with van der Waals surface area (Å²) in [5.41, 5.74) is 5.59. The van der Waals surface area contributed by atoms with Crippen molar-refractivity contribution in [3.63, 3.8) is 0 Å². The van der Waals surface area contributed by atoms with E-state index in [0.717, 1.165) is 0 Å². The van der Waals surface area contributed by atoms with E-state index in [1.54, 1.807) is 6.92 Å². The second kappa shape index (κ2) is 5.83. The minimum absolute atomic E-state index is 0.178. The molecule has 3 N–H and O–H groups in total. The van der Waals surface area contributed by atoms with E-state index in [0.29, 0.717) is 5.56 Å². The number of ether oxygens (including phenoxy) is 1. The third kappa shape index (κ3) is 3.03. The number of carbonyl (C=O) groups excluding carboxylic acids is 1. The lowest BCUT2D eigenvalue weighted by Gasteiger charge is -2.24. The first kappa shape index (κ1) is 15.8. The highest BCUT2D eigenvalue weighted by Crippen LogP contribution is 2.40. The minimum Gasteiger partial charge on any atom is -0.507 e. The van der Waals surface area contributed by atoms with Crippen molar-refractivity contribution in [2.24, 2.45) is 5.73 Å². The van der Waals surface area contributed by atoms with Crippen LogP contribution >= 0.6 is 15.9 Å². The molecule has 0 saturated carbocycles. The predicted octanol–water partition coefficient (Wildman–Crippen LogP) is 2.66. The molecule has 4 nitrogen and oxygen atoms in total. The van der Waals surface area contributed by atoms with Gasteiger partial charge >= 0.3 is 11.9 Å². The third-order valence-electron chi connectivity index (χ3n) is 2.61. The number of carbonyl (C=O) groups is 1.